The molecule has 7 heteroatoms. The minimum atomic E-state index is -0.409. The minimum Gasteiger partial charge on any atom is -0.465 e. The molecule has 0 aliphatic carbocycles. The number of hydrogen-bond donors (Lipinski definition) is 2. The molecule has 3 rings (SSSR count). The van der Waals surface area contributed by atoms with Crippen LogP contribution in [-0.2, 0) is 11.3 Å². The molecule has 3 aromatic rings. The van der Waals surface area contributed by atoms with Gasteiger partial charge in [-0.1, -0.05) is 18.2 Å². The van der Waals surface area contributed by atoms with Crippen LogP contribution >= 0.6 is 0 Å². The molecule has 0 saturated carbocycles. The van der Waals surface area contributed by atoms with Gasteiger partial charge in [-0.15, -0.1) is 0 Å². The van der Waals surface area contributed by atoms with E-state index in [2.05, 4.69) is 25.6 Å². The van der Waals surface area contributed by atoms with Crippen LogP contribution in [0.3, 0.4) is 0 Å². The van der Waals surface area contributed by atoms with Crippen LogP contribution in [0.15, 0.2) is 54.9 Å². The molecule has 0 spiro atoms. The largest absolute Gasteiger partial charge is 0.465 e. The first-order valence-electron chi connectivity index (χ1n) is 8.08. The SMILES string of the molecule is COC(=O)c1ccccc1Nc1cc(NCc2cccnc2)nc(C)n1. The number of para-hydroxylation sites is 1. The van der Waals surface area contributed by atoms with Crippen LogP contribution in [0, 0.1) is 6.92 Å². The lowest BCUT2D eigenvalue weighted by molar-refractivity contribution is 0.0602. The van der Waals surface area contributed by atoms with Crippen LogP contribution in [-0.4, -0.2) is 28.0 Å². The number of rotatable bonds is 6. The first-order valence-corrected chi connectivity index (χ1v) is 8.08. The lowest BCUT2D eigenvalue weighted by Gasteiger charge is -2.12. The molecule has 26 heavy (non-hydrogen) atoms. The molecule has 0 aliphatic heterocycles. The van der Waals surface area contributed by atoms with Crippen LogP contribution in [0.1, 0.15) is 21.7 Å². The fraction of sp³-hybridized carbons (Fsp3) is 0.158. The molecule has 0 atom stereocenters. The summed E-state index contributed by atoms with van der Waals surface area (Å²) in [6, 6.07) is 12.8. The minimum absolute atomic E-state index is 0.409. The van der Waals surface area contributed by atoms with E-state index in [1.807, 2.05) is 25.1 Å². The number of methoxy groups -OCH3 is 1. The molecule has 0 fully saturated rings. The zero-order valence-electron chi connectivity index (χ0n) is 14.6. The van der Waals surface area contributed by atoms with E-state index in [1.54, 1.807) is 36.7 Å². The van der Waals surface area contributed by atoms with Crippen molar-refractivity contribution in [2.75, 3.05) is 17.7 Å². The van der Waals surface area contributed by atoms with Crippen molar-refractivity contribution < 1.29 is 9.53 Å². The standard InChI is InChI=1S/C19H19N5O2/c1-13-22-17(21-12-14-6-5-9-20-11-14)10-18(23-13)24-16-8-4-3-7-15(16)19(25)26-2/h3-11H,12H2,1-2H3,(H2,21,22,23,24). The average molecular weight is 349 g/mol. The van der Waals surface area contributed by atoms with E-state index >= 15 is 0 Å². The Bertz CT molecular complexity index is 899. The summed E-state index contributed by atoms with van der Waals surface area (Å²) in [5.41, 5.74) is 2.11. The van der Waals surface area contributed by atoms with Crippen molar-refractivity contribution in [3.63, 3.8) is 0 Å². The van der Waals surface area contributed by atoms with E-state index in [9.17, 15) is 4.79 Å². The Morgan fingerprint density at radius 2 is 1.92 bits per heavy atom. The second kappa shape index (κ2) is 8.06. The van der Waals surface area contributed by atoms with Gasteiger partial charge in [0.1, 0.15) is 17.5 Å². The van der Waals surface area contributed by atoms with Gasteiger partial charge in [0.05, 0.1) is 18.4 Å². The van der Waals surface area contributed by atoms with Gasteiger partial charge in [0.15, 0.2) is 0 Å². The highest BCUT2D eigenvalue weighted by Crippen LogP contribution is 2.22. The summed E-state index contributed by atoms with van der Waals surface area (Å²) in [6.45, 7) is 2.41. The maximum absolute atomic E-state index is 11.9. The molecule has 0 amide bonds. The molecule has 0 saturated heterocycles. The van der Waals surface area contributed by atoms with Crippen molar-refractivity contribution in [1.29, 1.82) is 0 Å². The van der Waals surface area contributed by atoms with Gasteiger partial charge in [-0.05, 0) is 30.7 Å². The van der Waals surface area contributed by atoms with E-state index in [4.69, 9.17) is 4.74 Å². The highest BCUT2D eigenvalue weighted by Gasteiger charge is 2.12. The van der Waals surface area contributed by atoms with Crippen molar-refractivity contribution in [3.8, 4) is 0 Å². The summed E-state index contributed by atoms with van der Waals surface area (Å²) in [6.07, 6.45) is 3.53. The quantitative estimate of drug-likeness (QED) is 0.660. The van der Waals surface area contributed by atoms with Gasteiger partial charge >= 0.3 is 5.97 Å². The molecular formula is C19H19N5O2. The molecule has 2 heterocycles. The number of aryl methyl sites for hydroxylation is 1. The van der Waals surface area contributed by atoms with Crippen LogP contribution in [0.4, 0.5) is 17.3 Å². The van der Waals surface area contributed by atoms with Gasteiger partial charge in [-0.2, -0.15) is 0 Å². The molecule has 0 bridgehead atoms. The normalized spacial score (nSPS) is 10.2. The number of benzene rings is 1. The van der Waals surface area contributed by atoms with E-state index in [-0.39, 0.29) is 0 Å². The third-order valence-electron chi connectivity index (χ3n) is 3.63. The number of aromatic nitrogens is 3. The lowest BCUT2D eigenvalue weighted by atomic mass is 10.2. The van der Waals surface area contributed by atoms with Crippen LogP contribution < -0.4 is 10.6 Å². The molecular weight excluding hydrogens is 330 g/mol. The molecule has 7 nitrogen and oxygen atoms in total. The molecule has 0 radical (unpaired) electrons. The Morgan fingerprint density at radius 3 is 2.69 bits per heavy atom. The van der Waals surface area contributed by atoms with E-state index < -0.39 is 5.97 Å². The highest BCUT2D eigenvalue weighted by atomic mass is 16.5. The van der Waals surface area contributed by atoms with Crippen LogP contribution in [0.2, 0.25) is 0 Å². The van der Waals surface area contributed by atoms with Gasteiger partial charge in [-0.3, -0.25) is 4.98 Å². The Hall–Kier alpha value is -3.48. The third-order valence-corrected chi connectivity index (χ3v) is 3.63. The number of nitrogens with zero attached hydrogens (tertiary/aromatic N) is 3. The van der Waals surface area contributed by atoms with Gasteiger partial charge in [0.25, 0.3) is 0 Å². The maximum Gasteiger partial charge on any atom is 0.339 e. The van der Waals surface area contributed by atoms with Crippen molar-refractivity contribution >= 4 is 23.3 Å². The fourth-order valence-corrected chi connectivity index (χ4v) is 2.44. The Morgan fingerprint density at radius 1 is 1.12 bits per heavy atom. The summed E-state index contributed by atoms with van der Waals surface area (Å²) >= 11 is 0. The van der Waals surface area contributed by atoms with E-state index in [0.29, 0.717) is 35.3 Å². The van der Waals surface area contributed by atoms with Gasteiger partial charge < -0.3 is 15.4 Å². The van der Waals surface area contributed by atoms with Crippen LogP contribution in [0.5, 0.6) is 0 Å². The summed E-state index contributed by atoms with van der Waals surface area (Å²) < 4.78 is 4.82. The molecule has 2 aromatic heterocycles. The zero-order chi connectivity index (χ0) is 18.4. The number of esters is 1. The maximum atomic E-state index is 11.9. The summed E-state index contributed by atoms with van der Waals surface area (Å²) in [5, 5.41) is 6.42. The Labute approximate surface area is 151 Å². The lowest BCUT2D eigenvalue weighted by Crippen LogP contribution is -2.08. The highest BCUT2D eigenvalue weighted by molar-refractivity contribution is 5.96. The molecule has 0 unspecified atom stereocenters. The third kappa shape index (κ3) is 4.32. The van der Waals surface area contributed by atoms with Gasteiger partial charge in [0.2, 0.25) is 0 Å². The summed E-state index contributed by atoms with van der Waals surface area (Å²) in [5.74, 6) is 1.47. The molecule has 0 aliphatic rings. The monoisotopic (exact) mass is 349 g/mol. The molecule has 132 valence electrons. The number of carbonyl (C=O) groups excluding carboxylic acids is 1. The number of nitrogens with one attached hydrogen (secondary N) is 2. The summed E-state index contributed by atoms with van der Waals surface area (Å²) in [7, 11) is 1.36. The molecule has 1 aromatic carbocycles. The number of anilines is 3. The predicted octanol–water partition coefficient (Wildman–Crippen LogP) is 3.32. The number of carbonyl (C=O) groups is 1. The zero-order valence-corrected chi connectivity index (χ0v) is 14.6. The Kier molecular flexibility index (Phi) is 5.38. The number of hydrogen-bond acceptors (Lipinski definition) is 7. The first-order chi connectivity index (χ1) is 12.7. The molecule has 2 N–H and O–H groups in total. The topological polar surface area (TPSA) is 89.0 Å². The fourth-order valence-electron chi connectivity index (χ4n) is 2.44. The predicted molar refractivity (Wildman–Crippen MR) is 99.4 cm³/mol. The van der Waals surface area contributed by atoms with E-state index in [0.717, 1.165) is 5.56 Å². The second-order valence-electron chi connectivity index (χ2n) is 5.56. The summed E-state index contributed by atoms with van der Waals surface area (Å²) in [4.78, 5) is 24.8. The van der Waals surface area contributed by atoms with Crippen molar-refractivity contribution in [1.82, 2.24) is 15.0 Å². The Balaban J connectivity index is 1.79. The first kappa shape index (κ1) is 17.3. The number of pyridine rings is 1. The number of ether oxygens (including phenoxy) is 1. The van der Waals surface area contributed by atoms with Crippen molar-refractivity contribution in [2.24, 2.45) is 0 Å². The van der Waals surface area contributed by atoms with Gasteiger partial charge in [0, 0.05) is 25.0 Å². The van der Waals surface area contributed by atoms with Crippen molar-refractivity contribution in [2.45, 2.75) is 13.5 Å². The van der Waals surface area contributed by atoms with Gasteiger partial charge in [-0.25, -0.2) is 14.8 Å². The van der Waals surface area contributed by atoms with Crippen molar-refractivity contribution in [3.05, 3.63) is 71.8 Å². The smallest absolute Gasteiger partial charge is 0.339 e. The van der Waals surface area contributed by atoms with E-state index in [1.165, 1.54) is 7.11 Å². The second-order valence-corrected chi connectivity index (χ2v) is 5.56. The average Bonchev–Trinajstić information content (AvgIpc) is 2.66. The van der Waals surface area contributed by atoms with Crippen LogP contribution in [0.25, 0.3) is 0 Å².